The molecule has 0 saturated heterocycles. The fraction of sp³-hybridized carbons (Fsp3) is 0.300. The number of ether oxygens (including phenoxy) is 2. The Morgan fingerprint density at radius 3 is 2.50 bits per heavy atom. The molecule has 1 amide bonds. The van der Waals surface area contributed by atoms with E-state index in [1.807, 2.05) is 19.1 Å². The summed E-state index contributed by atoms with van der Waals surface area (Å²) in [5, 5.41) is 3.55. The van der Waals surface area contributed by atoms with E-state index in [1.165, 1.54) is 7.11 Å². The minimum Gasteiger partial charge on any atom is -0.494 e. The Hall–Kier alpha value is -2.53. The smallest absolute Gasteiger partial charge is 0.337 e. The molecule has 0 saturated carbocycles. The number of hydrogen-bond donors (Lipinski definition) is 1. The van der Waals surface area contributed by atoms with E-state index in [2.05, 4.69) is 10.1 Å². The summed E-state index contributed by atoms with van der Waals surface area (Å²) in [6.07, 6.45) is 1.00. The molecule has 138 valence electrons. The predicted molar refractivity (Wildman–Crippen MR) is 101 cm³/mol. The highest BCUT2D eigenvalue weighted by atomic mass is 35.5. The van der Waals surface area contributed by atoms with Gasteiger partial charge in [-0.1, -0.05) is 23.7 Å². The van der Waals surface area contributed by atoms with Gasteiger partial charge in [0.2, 0.25) is 5.91 Å². The molecule has 0 unspecified atom stereocenters. The maximum atomic E-state index is 11.9. The third-order valence-corrected chi connectivity index (χ3v) is 4.24. The van der Waals surface area contributed by atoms with Gasteiger partial charge in [-0.25, -0.2) is 4.79 Å². The van der Waals surface area contributed by atoms with Gasteiger partial charge in [0.05, 0.1) is 19.3 Å². The second-order valence-electron chi connectivity index (χ2n) is 5.83. The summed E-state index contributed by atoms with van der Waals surface area (Å²) in [5.74, 6) is 0.326. The highest BCUT2D eigenvalue weighted by Gasteiger charge is 2.06. The Balaban J connectivity index is 1.67. The second-order valence-corrected chi connectivity index (χ2v) is 6.24. The van der Waals surface area contributed by atoms with Crippen molar-refractivity contribution >= 4 is 23.5 Å². The van der Waals surface area contributed by atoms with Crippen LogP contribution in [-0.4, -0.2) is 25.6 Å². The van der Waals surface area contributed by atoms with Crippen LogP contribution in [0.25, 0.3) is 0 Å². The SMILES string of the molecule is COC(=O)c1ccc(CNC(=O)CCCOc2ccc(Cl)c(C)c2)cc1. The fourth-order valence-electron chi connectivity index (χ4n) is 2.30. The molecule has 0 heterocycles. The predicted octanol–water partition coefficient (Wildman–Crippen LogP) is 3.91. The Labute approximate surface area is 158 Å². The monoisotopic (exact) mass is 375 g/mol. The standard InChI is InChI=1S/C20H22ClNO4/c1-14-12-17(9-10-18(14)21)26-11-3-4-19(23)22-13-15-5-7-16(8-6-15)20(24)25-2/h5-10,12H,3-4,11,13H2,1-2H3,(H,22,23). The van der Waals surface area contributed by atoms with Crippen molar-refractivity contribution in [1.29, 1.82) is 0 Å². The molecular formula is C20H22ClNO4. The summed E-state index contributed by atoms with van der Waals surface area (Å²) < 4.78 is 10.3. The number of methoxy groups -OCH3 is 1. The number of carbonyl (C=O) groups excluding carboxylic acids is 2. The first kappa shape index (κ1) is 19.8. The van der Waals surface area contributed by atoms with Crippen molar-refractivity contribution in [2.75, 3.05) is 13.7 Å². The number of amides is 1. The number of carbonyl (C=O) groups is 2. The van der Waals surface area contributed by atoms with Crippen molar-refractivity contribution in [2.45, 2.75) is 26.3 Å². The molecule has 2 aromatic rings. The number of nitrogens with one attached hydrogen (secondary N) is 1. The van der Waals surface area contributed by atoms with Gasteiger partial charge in [-0.05, 0) is 54.8 Å². The van der Waals surface area contributed by atoms with Crippen LogP contribution in [0.1, 0.15) is 34.3 Å². The molecule has 0 fully saturated rings. The maximum Gasteiger partial charge on any atom is 0.337 e. The van der Waals surface area contributed by atoms with E-state index in [1.54, 1.807) is 30.3 Å². The lowest BCUT2D eigenvalue weighted by atomic mass is 10.1. The zero-order chi connectivity index (χ0) is 18.9. The molecular weight excluding hydrogens is 354 g/mol. The Morgan fingerprint density at radius 1 is 1.12 bits per heavy atom. The second kappa shape index (κ2) is 9.82. The Kier molecular flexibility index (Phi) is 7.48. The van der Waals surface area contributed by atoms with Crippen LogP contribution in [0.15, 0.2) is 42.5 Å². The minimum absolute atomic E-state index is 0.0436. The lowest BCUT2D eigenvalue weighted by molar-refractivity contribution is -0.121. The van der Waals surface area contributed by atoms with Crippen LogP contribution in [0.4, 0.5) is 0 Å². The molecule has 0 aliphatic carbocycles. The van der Waals surface area contributed by atoms with E-state index >= 15 is 0 Å². The zero-order valence-corrected chi connectivity index (χ0v) is 15.6. The molecule has 0 atom stereocenters. The van der Waals surface area contributed by atoms with Crippen molar-refractivity contribution in [3.63, 3.8) is 0 Å². The van der Waals surface area contributed by atoms with Crippen molar-refractivity contribution in [3.8, 4) is 5.75 Å². The molecule has 1 N–H and O–H groups in total. The molecule has 0 aliphatic heterocycles. The first-order valence-electron chi connectivity index (χ1n) is 8.32. The van der Waals surface area contributed by atoms with Crippen molar-refractivity contribution in [1.82, 2.24) is 5.32 Å². The van der Waals surface area contributed by atoms with Gasteiger partial charge in [-0.3, -0.25) is 4.79 Å². The number of benzene rings is 2. The number of hydrogen-bond acceptors (Lipinski definition) is 4. The summed E-state index contributed by atoms with van der Waals surface area (Å²) in [6.45, 7) is 2.79. The average molecular weight is 376 g/mol. The van der Waals surface area contributed by atoms with Crippen molar-refractivity contribution < 1.29 is 19.1 Å². The van der Waals surface area contributed by atoms with Gasteiger partial charge in [0.1, 0.15) is 5.75 Å². The molecule has 2 aromatic carbocycles. The van der Waals surface area contributed by atoms with Crippen LogP contribution in [0.2, 0.25) is 5.02 Å². The van der Waals surface area contributed by atoms with Crippen LogP contribution in [-0.2, 0) is 16.1 Å². The largest absolute Gasteiger partial charge is 0.494 e. The van der Waals surface area contributed by atoms with Crippen molar-refractivity contribution in [2.24, 2.45) is 0 Å². The lowest BCUT2D eigenvalue weighted by Crippen LogP contribution is -2.23. The van der Waals surface area contributed by atoms with E-state index in [9.17, 15) is 9.59 Å². The van der Waals surface area contributed by atoms with Crippen LogP contribution >= 0.6 is 11.6 Å². The van der Waals surface area contributed by atoms with Gasteiger partial charge in [-0.15, -0.1) is 0 Å². The van der Waals surface area contributed by atoms with Crippen molar-refractivity contribution in [3.05, 3.63) is 64.2 Å². The third kappa shape index (κ3) is 6.08. The lowest BCUT2D eigenvalue weighted by Gasteiger charge is -2.08. The molecule has 2 rings (SSSR count). The topological polar surface area (TPSA) is 64.6 Å². The van der Waals surface area contributed by atoms with Crippen LogP contribution in [0.5, 0.6) is 5.75 Å². The summed E-state index contributed by atoms with van der Waals surface area (Å²) in [6, 6.07) is 12.4. The Bertz CT molecular complexity index is 759. The molecule has 0 bridgehead atoms. The van der Waals surface area contributed by atoms with Gasteiger partial charge in [0.25, 0.3) is 0 Å². The highest BCUT2D eigenvalue weighted by molar-refractivity contribution is 6.31. The van der Waals surface area contributed by atoms with E-state index in [4.69, 9.17) is 16.3 Å². The van der Waals surface area contributed by atoms with Gasteiger partial charge >= 0.3 is 5.97 Å². The molecule has 5 nitrogen and oxygen atoms in total. The number of rotatable bonds is 8. The zero-order valence-electron chi connectivity index (χ0n) is 14.9. The normalized spacial score (nSPS) is 10.3. The van der Waals surface area contributed by atoms with Crippen LogP contribution in [0.3, 0.4) is 0 Å². The first-order valence-corrected chi connectivity index (χ1v) is 8.70. The summed E-state index contributed by atoms with van der Waals surface area (Å²) in [7, 11) is 1.34. The third-order valence-electron chi connectivity index (χ3n) is 3.81. The molecule has 6 heteroatoms. The minimum atomic E-state index is -0.378. The number of esters is 1. The summed E-state index contributed by atoms with van der Waals surface area (Å²) >= 11 is 5.97. The quantitative estimate of drug-likeness (QED) is 0.561. The first-order chi connectivity index (χ1) is 12.5. The van der Waals surface area contributed by atoms with E-state index in [0.717, 1.165) is 16.9 Å². The fourth-order valence-corrected chi connectivity index (χ4v) is 2.41. The van der Waals surface area contributed by atoms with Crippen LogP contribution in [0, 0.1) is 6.92 Å². The average Bonchev–Trinajstić information content (AvgIpc) is 2.66. The van der Waals surface area contributed by atoms with Gasteiger partial charge in [0.15, 0.2) is 0 Å². The summed E-state index contributed by atoms with van der Waals surface area (Å²) in [4.78, 5) is 23.3. The highest BCUT2D eigenvalue weighted by Crippen LogP contribution is 2.21. The van der Waals surface area contributed by atoms with Gasteiger partial charge in [0, 0.05) is 18.0 Å². The molecule has 0 radical (unpaired) electrons. The molecule has 0 spiro atoms. The molecule has 26 heavy (non-hydrogen) atoms. The Morgan fingerprint density at radius 2 is 1.85 bits per heavy atom. The molecule has 0 aromatic heterocycles. The van der Waals surface area contributed by atoms with E-state index in [0.29, 0.717) is 36.6 Å². The maximum absolute atomic E-state index is 11.9. The number of halogens is 1. The van der Waals surface area contributed by atoms with E-state index in [-0.39, 0.29) is 11.9 Å². The van der Waals surface area contributed by atoms with Gasteiger partial charge in [-0.2, -0.15) is 0 Å². The summed E-state index contributed by atoms with van der Waals surface area (Å²) in [5.41, 5.74) is 2.36. The molecule has 0 aliphatic rings. The van der Waals surface area contributed by atoms with Gasteiger partial charge < -0.3 is 14.8 Å². The number of aryl methyl sites for hydroxylation is 1. The van der Waals surface area contributed by atoms with E-state index < -0.39 is 0 Å². The van der Waals surface area contributed by atoms with Crippen LogP contribution < -0.4 is 10.1 Å².